The van der Waals surface area contributed by atoms with Crippen molar-refractivity contribution in [3.05, 3.63) is 205 Å². The van der Waals surface area contributed by atoms with Crippen LogP contribution in [0.3, 0.4) is 0 Å². The standard InChI is InChI=1S/C50H38N2/c1-35-28-33-41(36(2)34-35)43-21-10-13-24-46(43)52-47-25-14-11-22-44(47)50-48(26-15-27-49(50)52)51(40-31-29-38(30-32-40)37-16-5-3-6-17-37)45-23-12-9-20-42(45)39-18-7-4-8-19-39/h3-34H,1-2H3. The molecule has 0 saturated carbocycles. The molecule has 0 bridgehead atoms. The van der Waals surface area contributed by atoms with Gasteiger partial charge in [0.05, 0.1) is 28.1 Å². The summed E-state index contributed by atoms with van der Waals surface area (Å²) in [5.74, 6) is 0. The number of para-hydroxylation sites is 3. The number of hydrogen-bond acceptors (Lipinski definition) is 1. The Morgan fingerprint density at radius 1 is 0.404 bits per heavy atom. The first-order chi connectivity index (χ1) is 25.7. The lowest BCUT2D eigenvalue weighted by Crippen LogP contribution is -2.11. The van der Waals surface area contributed by atoms with Gasteiger partial charge in [-0.05, 0) is 84.1 Å². The van der Waals surface area contributed by atoms with Gasteiger partial charge in [0.15, 0.2) is 0 Å². The van der Waals surface area contributed by atoms with Crippen LogP contribution in [0.1, 0.15) is 11.1 Å². The van der Waals surface area contributed by atoms with Crippen molar-refractivity contribution >= 4 is 38.9 Å². The van der Waals surface area contributed by atoms with Crippen LogP contribution in [0.15, 0.2) is 194 Å². The maximum absolute atomic E-state index is 2.46. The molecule has 9 rings (SSSR count). The highest BCUT2D eigenvalue weighted by molar-refractivity contribution is 6.17. The van der Waals surface area contributed by atoms with Crippen LogP contribution >= 0.6 is 0 Å². The van der Waals surface area contributed by atoms with E-state index in [4.69, 9.17) is 0 Å². The van der Waals surface area contributed by atoms with Gasteiger partial charge < -0.3 is 9.47 Å². The molecule has 52 heavy (non-hydrogen) atoms. The maximum atomic E-state index is 2.46. The van der Waals surface area contributed by atoms with Gasteiger partial charge in [0, 0.05) is 27.6 Å². The summed E-state index contributed by atoms with van der Waals surface area (Å²) in [7, 11) is 0. The van der Waals surface area contributed by atoms with Crippen molar-refractivity contribution in [2.45, 2.75) is 13.8 Å². The first kappa shape index (κ1) is 31.3. The SMILES string of the molecule is Cc1ccc(-c2ccccc2-n2c3ccccc3c3c(N(c4ccc(-c5ccccc5)cc4)c4ccccc4-c4ccccc4)cccc32)c(C)c1. The molecule has 8 aromatic carbocycles. The number of aryl methyl sites for hydroxylation is 2. The predicted molar refractivity (Wildman–Crippen MR) is 221 cm³/mol. The topological polar surface area (TPSA) is 8.17 Å². The number of benzene rings is 8. The summed E-state index contributed by atoms with van der Waals surface area (Å²) >= 11 is 0. The van der Waals surface area contributed by atoms with Crippen LogP contribution in [0, 0.1) is 13.8 Å². The highest BCUT2D eigenvalue weighted by Crippen LogP contribution is 2.47. The Balaban J connectivity index is 1.32. The Morgan fingerprint density at radius 2 is 1.00 bits per heavy atom. The monoisotopic (exact) mass is 666 g/mol. The molecule has 0 aliphatic carbocycles. The summed E-state index contributed by atoms with van der Waals surface area (Å²) in [6.45, 7) is 4.38. The Morgan fingerprint density at radius 3 is 1.77 bits per heavy atom. The Labute approximate surface area is 305 Å². The van der Waals surface area contributed by atoms with Crippen molar-refractivity contribution in [2.24, 2.45) is 0 Å². The maximum Gasteiger partial charge on any atom is 0.0562 e. The zero-order valence-electron chi connectivity index (χ0n) is 29.4. The van der Waals surface area contributed by atoms with Gasteiger partial charge in [-0.15, -0.1) is 0 Å². The van der Waals surface area contributed by atoms with Gasteiger partial charge in [-0.1, -0.05) is 157 Å². The molecular weight excluding hydrogens is 629 g/mol. The molecule has 0 atom stereocenters. The van der Waals surface area contributed by atoms with Gasteiger partial charge in [-0.2, -0.15) is 0 Å². The lowest BCUT2D eigenvalue weighted by atomic mass is 9.97. The fraction of sp³-hybridized carbons (Fsp3) is 0.0400. The first-order valence-electron chi connectivity index (χ1n) is 17.9. The van der Waals surface area contributed by atoms with E-state index in [1.54, 1.807) is 0 Å². The van der Waals surface area contributed by atoms with Gasteiger partial charge in [-0.3, -0.25) is 0 Å². The van der Waals surface area contributed by atoms with Gasteiger partial charge in [-0.25, -0.2) is 0 Å². The van der Waals surface area contributed by atoms with E-state index >= 15 is 0 Å². The van der Waals surface area contributed by atoms with Crippen molar-refractivity contribution < 1.29 is 0 Å². The van der Waals surface area contributed by atoms with Crippen molar-refractivity contribution in [1.82, 2.24) is 4.57 Å². The Bertz CT molecular complexity index is 2690. The molecule has 1 heterocycles. The second kappa shape index (κ2) is 13.2. The van der Waals surface area contributed by atoms with Crippen LogP contribution in [-0.4, -0.2) is 4.57 Å². The summed E-state index contributed by atoms with van der Waals surface area (Å²) in [4.78, 5) is 2.45. The summed E-state index contributed by atoms with van der Waals surface area (Å²) in [5, 5.41) is 2.43. The molecule has 0 N–H and O–H groups in total. The minimum Gasteiger partial charge on any atom is -0.309 e. The number of rotatable bonds is 7. The van der Waals surface area contributed by atoms with Crippen molar-refractivity contribution in [2.75, 3.05) is 4.90 Å². The quantitative estimate of drug-likeness (QED) is 0.164. The average Bonchev–Trinajstić information content (AvgIpc) is 3.54. The number of fused-ring (bicyclic) bond motifs is 3. The van der Waals surface area contributed by atoms with E-state index < -0.39 is 0 Å². The zero-order valence-corrected chi connectivity index (χ0v) is 29.4. The van der Waals surface area contributed by atoms with Crippen molar-refractivity contribution in [1.29, 1.82) is 0 Å². The van der Waals surface area contributed by atoms with Gasteiger partial charge >= 0.3 is 0 Å². The molecule has 0 aliphatic rings. The summed E-state index contributed by atoms with van der Waals surface area (Å²) in [6.07, 6.45) is 0. The fourth-order valence-electron chi connectivity index (χ4n) is 7.83. The van der Waals surface area contributed by atoms with Crippen LogP contribution < -0.4 is 4.90 Å². The number of aromatic nitrogens is 1. The zero-order chi connectivity index (χ0) is 35.0. The van der Waals surface area contributed by atoms with Crippen LogP contribution in [0.5, 0.6) is 0 Å². The van der Waals surface area contributed by atoms with E-state index in [-0.39, 0.29) is 0 Å². The van der Waals surface area contributed by atoms with E-state index in [0.717, 1.165) is 17.1 Å². The highest BCUT2D eigenvalue weighted by atomic mass is 15.2. The number of anilines is 3. The van der Waals surface area contributed by atoms with E-state index in [0.29, 0.717) is 0 Å². The normalized spacial score (nSPS) is 11.3. The second-order valence-corrected chi connectivity index (χ2v) is 13.5. The molecule has 9 aromatic rings. The summed E-state index contributed by atoms with van der Waals surface area (Å²) in [5.41, 5.74) is 16.6. The van der Waals surface area contributed by atoms with Crippen molar-refractivity contribution in [3.8, 4) is 39.1 Å². The van der Waals surface area contributed by atoms with E-state index in [1.165, 1.54) is 72.0 Å². The molecule has 2 heteroatoms. The van der Waals surface area contributed by atoms with Crippen LogP contribution in [0.2, 0.25) is 0 Å². The molecule has 0 spiro atoms. The van der Waals surface area contributed by atoms with Gasteiger partial charge in [0.2, 0.25) is 0 Å². The molecule has 0 unspecified atom stereocenters. The highest BCUT2D eigenvalue weighted by Gasteiger charge is 2.24. The van der Waals surface area contributed by atoms with E-state index in [2.05, 4.69) is 217 Å². The third-order valence-corrected chi connectivity index (χ3v) is 10.2. The second-order valence-electron chi connectivity index (χ2n) is 13.5. The molecule has 0 aliphatic heterocycles. The minimum atomic E-state index is 1.10. The molecule has 0 radical (unpaired) electrons. The van der Waals surface area contributed by atoms with Crippen molar-refractivity contribution in [3.63, 3.8) is 0 Å². The lowest BCUT2D eigenvalue weighted by molar-refractivity contribution is 1.18. The molecule has 248 valence electrons. The molecule has 0 fully saturated rings. The predicted octanol–water partition coefficient (Wildman–Crippen LogP) is 13.9. The van der Waals surface area contributed by atoms with Gasteiger partial charge in [0.25, 0.3) is 0 Å². The third kappa shape index (κ3) is 5.46. The van der Waals surface area contributed by atoms with Crippen LogP contribution in [0.4, 0.5) is 17.1 Å². The van der Waals surface area contributed by atoms with E-state index in [1.807, 2.05) is 0 Å². The lowest BCUT2D eigenvalue weighted by Gasteiger charge is -2.29. The fourth-order valence-corrected chi connectivity index (χ4v) is 7.83. The van der Waals surface area contributed by atoms with Gasteiger partial charge in [0.1, 0.15) is 0 Å². The number of hydrogen-bond donors (Lipinski definition) is 0. The molecule has 2 nitrogen and oxygen atoms in total. The largest absolute Gasteiger partial charge is 0.309 e. The summed E-state index contributed by atoms with van der Waals surface area (Å²) in [6, 6.07) is 70.3. The smallest absolute Gasteiger partial charge is 0.0562 e. The molecular formula is C50H38N2. The van der Waals surface area contributed by atoms with Crippen LogP contribution in [-0.2, 0) is 0 Å². The third-order valence-electron chi connectivity index (χ3n) is 10.2. The molecule has 1 aromatic heterocycles. The Hall–Kier alpha value is -6.64. The Kier molecular flexibility index (Phi) is 7.98. The molecule has 0 amide bonds. The molecule has 0 saturated heterocycles. The summed E-state index contributed by atoms with van der Waals surface area (Å²) < 4.78 is 2.46. The van der Waals surface area contributed by atoms with E-state index in [9.17, 15) is 0 Å². The number of nitrogens with zero attached hydrogens (tertiary/aromatic N) is 2. The van der Waals surface area contributed by atoms with Crippen LogP contribution in [0.25, 0.3) is 60.9 Å². The minimum absolute atomic E-state index is 1.10. The first-order valence-corrected chi connectivity index (χ1v) is 17.9. The average molecular weight is 667 g/mol.